The molecular formula is C29H37CuF3Fe2N2O3S+4. The van der Waals surface area contributed by atoms with Gasteiger partial charge in [0.15, 0.2) is 0 Å². The van der Waals surface area contributed by atoms with E-state index in [1.54, 1.807) is 0 Å². The van der Waals surface area contributed by atoms with Crippen LogP contribution in [0.3, 0.4) is 0 Å². The van der Waals surface area contributed by atoms with Gasteiger partial charge < -0.3 is 9.80 Å². The molecule has 4 aliphatic carbocycles. The molecule has 0 spiro atoms. The fraction of sp³-hybridized carbons (Fsp3) is 0.310. The smallest absolute Gasteiger partial charge is 0.302 e. The summed E-state index contributed by atoms with van der Waals surface area (Å²) in [5, 5.41) is 0. The van der Waals surface area contributed by atoms with Gasteiger partial charge in [0, 0.05) is 54.1 Å². The topological polar surface area (TPSA) is 60.9 Å². The molecule has 4 fully saturated rings. The van der Waals surface area contributed by atoms with Gasteiger partial charge in [-0.1, -0.05) is 0 Å². The molecule has 12 heteroatoms. The van der Waals surface area contributed by atoms with E-state index in [9.17, 15) is 13.2 Å². The van der Waals surface area contributed by atoms with Crippen LogP contribution in [0.1, 0.15) is 13.8 Å². The molecule has 0 unspecified atom stereocenters. The van der Waals surface area contributed by atoms with Crippen molar-refractivity contribution in [2.24, 2.45) is 0 Å². The molecule has 41 heavy (non-hydrogen) atoms. The molecule has 0 heterocycles. The molecule has 1 N–H and O–H groups in total. The normalized spacial score (nSPS) is 20.7. The molecule has 0 aromatic rings. The van der Waals surface area contributed by atoms with E-state index >= 15 is 0 Å². The third kappa shape index (κ3) is 20.8. The van der Waals surface area contributed by atoms with Crippen molar-refractivity contribution >= 4 is 10.1 Å². The van der Waals surface area contributed by atoms with Gasteiger partial charge in [0.2, 0.25) is 0 Å². The van der Waals surface area contributed by atoms with Crippen LogP contribution in [0.5, 0.6) is 0 Å². The predicted molar refractivity (Wildman–Crippen MR) is 146 cm³/mol. The molecule has 231 valence electrons. The Balaban J connectivity index is -0.000000566. The Hall–Kier alpha value is 1.18. The van der Waals surface area contributed by atoms with Gasteiger partial charge in [-0.05, 0) is 144 Å². The largest absolute Gasteiger partial charge is 2.00 e. The van der Waals surface area contributed by atoms with Crippen molar-refractivity contribution in [3.8, 4) is 0 Å². The summed E-state index contributed by atoms with van der Waals surface area (Å²) >= 11 is 0. The summed E-state index contributed by atoms with van der Waals surface area (Å²) in [5.41, 5.74) is -5.53. The Morgan fingerprint density at radius 1 is 0.634 bits per heavy atom. The fourth-order valence-corrected chi connectivity index (χ4v) is 3.19. The van der Waals surface area contributed by atoms with Crippen LogP contribution in [0, 0.1) is 127 Å². The SMILES string of the molecule is C[C@H]([C]1[CH][CH][CH][CH]1)N(C)CCN(C)[C@H](C)[C]1[CH][CH][CH][CH]1.O=S(=O)(O)C(F)(F)F.[CH]1[CH][CH][CH][CH]1.[CH]1[CH][CH][CH][CH]1.[Cu].[Fe+2].[Fe+2]. The van der Waals surface area contributed by atoms with Gasteiger partial charge in [-0.15, -0.1) is 0 Å². The van der Waals surface area contributed by atoms with Gasteiger partial charge in [-0.3, -0.25) is 4.55 Å². The third-order valence-electron chi connectivity index (χ3n) is 5.87. The molecule has 5 nitrogen and oxygen atoms in total. The van der Waals surface area contributed by atoms with E-state index in [0.717, 1.165) is 13.1 Å². The predicted octanol–water partition coefficient (Wildman–Crippen LogP) is 4.87. The van der Waals surface area contributed by atoms with Crippen molar-refractivity contribution in [1.82, 2.24) is 9.80 Å². The van der Waals surface area contributed by atoms with Crippen LogP contribution >= 0.6 is 0 Å². The maximum absolute atomic E-state index is 10.7. The second-order valence-electron chi connectivity index (χ2n) is 8.59. The van der Waals surface area contributed by atoms with Crippen LogP contribution < -0.4 is 0 Å². The Morgan fingerprint density at radius 3 is 1.00 bits per heavy atom. The molecule has 0 amide bonds. The first-order chi connectivity index (χ1) is 17.8. The second kappa shape index (κ2) is 25.4. The van der Waals surface area contributed by atoms with Crippen LogP contribution in [0.2, 0.25) is 0 Å². The summed E-state index contributed by atoms with van der Waals surface area (Å²) in [4.78, 5) is 4.84. The quantitative estimate of drug-likeness (QED) is 0.231. The fourth-order valence-electron chi connectivity index (χ4n) is 3.19. The monoisotopic (exact) mass is 725 g/mol. The van der Waals surface area contributed by atoms with Gasteiger partial charge in [0.1, 0.15) is 0 Å². The standard InChI is InChI=1S/C18H26N2.2C5H5.CHF3O3S.Cu.2Fe/c1-15(17-9-5-6-10-17)19(3)13-14-20(4)16(2)18-11-7-8-12-18;2*1-2-4-5-3-1;2-1(3,4)8(5,6)7;;;/h5-12,15-16H,13-14H2,1-4H3;2*1-5H;(H,5,6,7);;;/q;;;;;2*+2/t15-,16-;;;;;;/m1....../s1. The zero-order valence-electron chi connectivity index (χ0n) is 23.2. The van der Waals surface area contributed by atoms with E-state index in [0.29, 0.717) is 12.1 Å². The summed E-state index contributed by atoms with van der Waals surface area (Å²) < 4.78 is 57.5. The number of likely N-dealkylation sites (N-methyl/N-ethyl adjacent to an activating group) is 2. The van der Waals surface area contributed by atoms with E-state index in [2.05, 4.69) is 89.1 Å². The molecule has 0 aliphatic heterocycles. The maximum Gasteiger partial charge on any atom is 2.00 e. The van der Waals surface area contributed by atoms with Crippen LogP contribution in [0.25, 0.3) is 0 Å². The molecular weight excluding hydrogens is 689 g/mol. The molecule has 0 aromatic carbocycles. The van der Waals surface area contributed by atoms with Gasteiger partial charge in [0.05, 0.1) is 0 Å². The van der Waals surface area contributed by atoms with Crippen molar-refractivity contribution in [3.63, 3.8) is 0 Å². The number of nitrogens with zero attached hydrogens (tertiary/aromatic N) is 2. The van der Waals surface area contributed by atoms with E-state index in [1.165, 1.54) is 11.8 Å². The summed E-state index contributed by atoms with van der Waals surface area (Å²) in [6.45, 7) is 6.70. The summed E-state index contributed by atoms with van der Waals surface area (Å²) in [6.07, 6.45) is 37.3. The van der Waals surface area contributed by atoms with E-state index < -0.39 is 15.6 Å². The van der Waals surface area contributed by atoms with Gasteiger partial charge >= 0.3 is 49.8 Å². The number of hydrogen-bond donors (Lipinski definition) is 1. The minimum atomic E-state index is -5.84. The Morgan fingerprint density at radius 2 is 0.829 bits per heavy atom. The minimum absolute atomic E-state index is 0. The van der Waals surface area contributed by atoms with E-state index in [-0.39, 0.29) is 51.2 Å². The van der Waals surface area contributed by atoms with Crippen LogP contribution in [-0.2, 0) is 61.3 Å². The first-order valence-electron chi connectivity index (χ1n) is 12.1. The molecule has 21 radical (unpaired) electrons. The first-order valence-corrected chi connectivity index (χ1v) is 13.5. The number of alkyl halides is 3. The zero-order chi connectivity index (χ0) is 28.6. The van der Waals surface area contributed by atoms with Crippen molar-refractivity contribution in [2.75, 3.05) is 27.2 Å². The molecule has 4 rings (SSSR count). The Labute approximate surface area is 281 Å². The molecule has 0 bridgehead atoms. The molecule has 0 saturated heterocycles. The average Bonchev–Trinajstić information content (AvgIpc) is 3.70. The van der Waals surface area contributed by atoms with Gasteiger partial charge in [-0.2, -0.15) is 21.6 Å². The third-order valence-corrected chi connectivity index (χ3v) is 6.46. The van der Waals surface area contributed by atoms with Gasteiger partial charge in [0.25, 0.3) is 0 Å². The Bertz CT molecular complexity index is 651. The minimum Gasteiger partial charge on any atom is -0.302 e. The van der Waals surface area contributed by atoms with Crippen LogP contribution in [-0.4, -0.2) is 67.5 Å². The van der Waals surface area contributed by atoms with Gasteiger partial charge in [-0.25, -0.2) is 0 Å². The maximum atomic E-state index is 10.7. The number of halogens is 3. The molecule has 2 atom stereocenters. The molecule has 0 aromatic heterocycles. The Kier molecular flexibility index (Phi) is 28.8. The number of hydrogen-bond acceptors (Lipinski definition) is 4. The molecule has 4 saturated carbocycles. The second-order valence-corrected chi connectivity index (χ2v) is 10.0. The van der Waals surface area contributed by atoms with Crippen molar-refractivity contribution in [1.29, 1.82) is 0 Å². The van der Waals surface area contributed by atoms with Crippen molar-refractivity contribution in [2.45, 2.75) is 31.4 Å². The summed E-state index contributed by atoms with van der Waals surface area (Å²) in [7, 11) is -1.43. The van der Waals surface area contributed by atoms with Crippen LogP contribution in [0.15, 0.2) is 0 Å². The number of rotatable bonds is 7. The summed E-state index contributed by atoms with van der Waals surface area (Å²) in [5.74, 6) is 2.80. The van der Waals surface area contributed by atoms with Crippen molar-refractivity contribution in [3.05, 3.63) is 127 Å². The average molecular weight is 726 g/mol. The first kappa shape index (κ1) is 46.6. The van der Waals surface area contributed by atoms with E-state index in [1.807, 2.05) is 64.2 Å². The summed E-state index contributed by atoms with van der Waals surface area (Å²) in [6, 6.07) is 0.959. The van der Waals surface area contributed by atoms with Crippen molar-refractivity contribution < 1.29 is 77.3 Å². The van der Waals surface area contributed by atoms with E-state index in [4.69, 9.17) is 13.0 Å². The van der Waals surface area contributed by atoms with Crippen LogP contribution in [0.4, 0.5) is 13.2 Å². The zero-order valence-corrected chi connectivity index (χ0v) is 27.1. The molecule has 4 aliphatic rings.